The van der Waals surface area contributed by atoms with E-state index in [4.69, 9.17) is 0 Å². The zero-order chi connectivity index (χ0) is 20.3. The van der Waals surface area contributed by atoms with Gasteiger partial charge in [-0.2, -0.15) is 0 Å². The van der Waals surface area contributed by atoms with Crippen molar-refractivity contribution in [2.24, 2.45) is 0 Å². The van der Waals surface area contributed by atoms with Gasteiger partial charge in [0.1, 0.15) is 5.82 Å². The van der Waals surface area contributed by atoms with Crippen LogP contribution in [0.1, 0.15) is 43.9 Å². The van der Waals surface area contributed by atoms with Crippen molar-refractivity contribution in [3.8, 4) is 0 Å². The maximum atomic E-state index is 4.37. The van der Waals surface area contributed by atoms with E-state index in [-0.39, 0.29) is 0 Å². The smallest absolute Gasteiger partial charge is 0.193 e. The molecule has 150 valence electrons. The molecule has 3 rings (SSSR count). The molecule has 0 bridgehead atoms. The largest absolute Gasteiger partial charge is 0.338 e. The van der Waals surface area contributed by atoms with E-state index in [2.05, 4.69) is 97.9 Å². The normalized spacial score (nSPS) is 16.3. The maximum Gasteiger partial charge on any atom is 0.193 e. The minimum absolute atomic E-state index is 0.369. The number of rotatable bonds is 8. The van der Waals surface area contributed by atoms with Crippen LogP contribution < -0.4 is 5.32 Å². The summed E-state index contributed by atoms with van der Waals surface area (Å²) in [5, 5.41) is 12.6. The highest BCUT2D eigenvalue weighted by molar-refractivity contribution is 8.00. The van der Waals surface area contributed by atoms with Crippen molar-refractivity contribution in [2.75, 3.05) is 20.6 Å². The minimum Gasteiger partial charge on any atom is -0.338 e. The van der Waals surface area contributed by atoms with Crippen LogP contribution in [-0.4, -0.2) is 45.1 Å². The van der Waals surface area contributed by atoms with Crippen LogP contribution in [0, 0.1) is 0 Å². The number of benzene rings is 1. The summed E-state index contributed by atoms with van der Waals surface area (Å²) in [5.74, 6) is 3.44. The summed E-state index contributed by atoms with van der Waals surface area (Å²) in [7, 11) is 4.34. The third kappa shape index (κ3) is 4.50. The highest BCUT2D eigenvalue weighted by Crippen LogP contribution is 2.32. The molecule has 0 radical (unpaired) electrons. The summed E-state index contributed by atoms with van der Waals surface area (Å²) in [5.41, 5.74) is 1.30. The fourth-order valence-corrected chi connectivity index (χ4v) is 4.26. The van der Waals surface area contributed by atoms with E-state index in [9.17, 15) is 0 Å². The van der Waals surface area contributed by atoms with Gasteiger partial charge in [-0.1, -0.05) is 38.1 Å². The number of aromatic nitrogens is 3. The molecule has 1 unspecified atom stereocenters. The lowest BCUT2D eigenvalue weighted by molar-refractivity contribution is -0.853. The molecule has 0 amide bonds. The summed E-state index contributed by atoms with van der Waals surface area (Å²) >= 11 is 1.91. The van der Waals surface area contributed by atoms with E-state index < -0.39 is 0 Å². The van der Waals surface area contributed by atoms with Crippen molar-refractivity contribution in [3.05, 3.63) is 60.0 Å². The third-order valence-corrected chi connectivity index (χ3v) is 6.66. The molecule has 1 aromatic carbocycles. The number of hydrogen-bond donors (Lipinski definition) is 1. The summed E-state index contributed by atoms with van der Waals surface area (Å²) < 4.78 is 3.03. The number of hydrogen-bond acceptors (Lipinski definition) is 4. The van der Waals surface area contributed by atoms with Crippen LogP contribution in [0.4, 0.5) is 0 Å². The Morgan fingerprint density at radius 2 is 2.07 bits per heavy atom. The molecule has 0 saturated carbocycles. The fraction of sp³-hybridized carbons (Fsp3) is 0.455. The van der Waals surface area contributed by atoms with Crippen LogP contribution in [0.5, 0.6) is 0 Å². The van der Waals surface area contributed by atoms with Gasteiger partial charge in [0.05, 0.1) is 20.6 Å². The molecule has 1 aromatic heterocycles. The first-order chi connectivity index (χ1) is 13.3. The molecule has 28 heavy (non-hydrogen) atoms. The minimum atomic E-state index is 0.369. The highest BCUT2D eigenvalue weighted by Gasteiger charge is 2.22. The summed E-state index contributed by atoms with van der Waals surface area (Å²) in [4.78, 5) is 1.31. The molecule has 2 aromatic rings. The van der Waals surface area contributed by atoms with E-state index in [1.807, 2.05) is 11.8 Å². The van der Waals surface area contributed by atoms with Crippen LogP contribution in [0.25, 0.3) is 6.08 Å². The second-order valence-electron chi connectivity index (χ2n) is 8.11. The van der Waals surface area contributed by atoms with Crippen LogP contribution >= 0.6 is 11.8 Å². The van der Waals surface area contributed by atoms with Gasteiger partial charge in [-0.05, 0) is 31.2 Å². The average Bonchev–Trinajstić information content (AvgIpc) is 3.10. The molecular weight excluding hydrogens is 366 g/mol. The predicted octanol–water partition coefficient (Wildman–Crippen LogP) is 4.25. The lowest BCUT2D eigenvalue weighted by atomic mass is 10.2. The molecule has 0 fully saturated rings. The van der Waals surface area contributed by atoms with Crippen molar-refractivity contribution in [2.45, 2.75) is 49.9 Å². The molecule has 1 aliphatic rings. The Morgan fingerprint density at radius 3 is 2.79 bits per heavy atom. The van der Waals surface area contributed by atoms with Crippen molar-refractivity contribution in [3.63, 3.8) is 0 Å². The number of fused-ring (bicyclic) bond motifs is 1. The van der Waals surface area contributed by atoms with Crippen molar-refractivity contribution >= 4 is 17.8 Å². The Bertz CT molecular complexity index is 866. The average molecular weight is 399 g/mol. The molecule has 0 aliphatic carbocycles. The molecule has 1 atom stereocenters. The predicted molar refractivity (Wildman–Crippen MR) is 118 cm³/mol. The van der Waals surface area contributed by atoms with Gasteiger partial charge >= 0.3 is 0 Å². The second-order valence-corrected chi connectivity index (χ2v) is 9.39. The Kier molecular flexibility index (Phi) is 6.30. The lowest BCUT2D eigenvalue weighted by Crippen LogP contribution is -2.43. The van der Waals surface area contributed by atoms with Crippen LogP contribution in [0.2, 0.25) is 0 Å². The van der Waals surface area contributed by atoms with Gasteiger partial charge in [0.25, 0.3) is 0 Å². The van der Waals surface area contributed by atoms with E-state index in [0.717, 1.165) is 41.6 Å². The van der Waals surface area contributed by atoms with Crippen LogP contribution in [-0.2, 0) is 13.1 Å². The molecule has 0 spiro atoms. The van der Waals surface area contributed by atoms with Crippen molar-refractivity contribution in [1.29, 1.82) is 0 Å². The molecule has 0 saturated heterocycles. The molecule has 1 N–H and O–H groups in total. The molecule has 5 nitrogen and oxygen atoms in total. The van der Waals surface area contributed by atoms with Gasteiger partial charge in [0.15, 0.2) is 11.6 Å². The first-order valence-electron chi connectivity index (χ1n) is 9.94. The lowest BCUT2D eigenvalue weighted by Gasteiger charge is -2.30. The maximum absolute atomic E-state index is 4.37. The summed E-state index contributed by atoms with van der Waals surface area (Å²) in [6, 6.07) is 8.63. The van der Waals surface area contributed by atoms with Crippen LogP contribution in [0.15, 0.2) is 47.6 Å². The highest BCUT2D eigenvalue weighted by atomic mass is 32.2. The first kappa shape index (κ1) is 20.7. The number of nitrogens with one attached hydrogen (secondary N) is 1. The summed E-state index contributed by atoms with van der Waals surface area (Å²) in [6.07, 6.45) is 4.35. The second kappa shape index (κ2) is 8.53. The van der Waals surface area contributed by atoms with Crippen molar-refractivity contribution in [1.82, 2.24) is 20.1 Å². The van der Waals surface area contributed by atoms with E-state index >= 15 is 0 Å². The summed E-state index contributed by atoms with van der Waals surface area (Å²) in [6.45, 7) is 13.4. The molecule has 1 aliphatic heterocycles. The van der Waals surface area contributed by atoms with Gasteiger partial charge in [-0.15, -0.1) is 22.0 Å². The quantitative estimate of drug-likeness (QED) is 0.675. The van der Waals surface area contributed by atoms with E-state index in [0.29, 0.717) is 11.2 Å². The van der Waals surface area contributed by atoms with Gasteiger partial charge in [0.2, 0.25) is 0 Å². The van der Waals surface area contributed by atoms with E-state index in [1.165, 1.54) is 10.5 Å². The van der Waals surface area contributed by atoms with Crippen molar-refractivity contribution < 1.29 is 4.48 Å². The third-order valence-electron chi connectivity index (χ3n) is 5.40. The van der Waals surface area contributed by atoms with E-state index in [1.54, 1.807) is 0 Å². The Morgan fingerprint density at radius 1 is 1.32 bits per heavy atom. The fourth-order valence-electron chi connectivity index (χ4n) is 3.11. The monoisotopic (exact) mass is 398 g/mol. The Hall–Kier alpha value is -2.05. The number of thioether (sulfide) groups is 1. The number of quaternary nitrogens is 1. The molecular formula is C22H32N5S+. The molecule has 6 heteroatoms. The Labute approximate surface area is 173 Å². The Balaban J connectivity index is 1.70. The number of nitrogens with zero attached hydrogens (tertiary/aromatic N) is 4. The van der Waals surface area contributed by atoms with Gasteiger partial charge < -0.3 is 9.88 Å². The molecule has 2 heterocycles. The van der Waals surface area contributed by atoms with Gasteiger partial charge in [0, 0.05) is 29.2 Å². The zero-order valence-electron chi connectivity index (χ0n) is 17.6. The topological polar surface area (TPSA) is 42.7 Å². The zero-order valence-corrected chi connectivity index (χ0v) is 18.5. The standard InChI is InChI=1S/C22H32N5S/c1-7-27(5,6)17(4)23-14-18-10-8-9-11-20(18)28-19-12-13-21-24-25-22(16(2)3)26(21)15-19/h8-13,16,19,23H,4,7,14-15H2,1-3,5-6H3/q+1. The van der Waals surface area contributed by atoms with Crippen LogP contribution in [0.3, 0.4) is 0 Å². The first-order valence-corrected chi connectivity index (χ1v) is 10.8. The van der Waals surface area contributed by atoms with Gasteiger partial charge in [-0.3, -0.25) is 4.48 Å². The SMILES string of the molecule is C=C(NCc1ccccc1SC1C=Cc2nnc(C(C)C)n2C1)[N+](C)(C)CC. The van der Waals surface area contributed by atoms with Gasteiger partial charge in [-0.25, -0.2) is 0 Å².